The minimum absolute atomic E-state index is 0.0703. The molecule has 0 radical (unpaired) electrons. The van der Waals surface area contributed by atoms with Crippen molar-refractivity contribution in [3.05, 3.63) is 64.2 Å². The number of carbonyl (C=O) groups excluding carboxylic acids is 1. The van der Waals surface area contributed by atoms with Crippen LogP contribution < -0.4 is 4.74 Å². The summed E-state index contributed by atoms with van der Waals surface area (Å²) < 4.78 is 5.97. The molecule has 5 heteroatoms. The number of amides is 1. The molecule has 2 aliphatic rings. The van der Waals surface area contributed by atoms with E-state index in [-0.39, 0.29) is 5.91 Å². The Kier molecular flexibility index (Phi) is 5.31. The maximum absolute atomic E-state index is 13.0. The number of carboxylic acids is 1. The van der Waals surface area contributed by atoms with Gasteiger partial charge in [-0.15, -0.1) is 0 Å². The molecule has 2 aromatic carbocycles. The van der Waals surface area contributed by atoms with Gasteiger partial charge in [0.25, 0.3) is 5.91 Å². The summed E-state index contributed by atoms with van der Waals surface area (Å²) in [4.78, 5) is 26.3. The van der Waals surface area contributed by atoms with E-state index in [0.717, 1.165) is 36.1 Å². The van der Waals surface area contributed by atoms with E-state index in [1.165, 1.54) is 11.1 Å². The molecule has 0 spiro atoms. The Morgan fingerprint density at radius 2 is 1.79 bits per heavy atom. The van der Waals surface area contributed by atoms with Gasteiger partial charge in [-0.25, -0.2) is 4.79 Å². The van der Waals surface area contributed by atoms with E-state index in [4.69, 9.17) is 4.74 Å². The van der Waals surface area contributed by atoms with Crippen LogP contribution in [0.4, 0.5) is 0 Å². The number of hydrogen-bond acceptors (Lipinski definition) is 3. The third-order valence-corrected chi connectivity index (χ3v) is 6.31. The summed E-state index contributed by atoms with van der Waals surface area (Å²) in [6, 6.07) is 11.4. The number of aromatic carboxylic acids is 1. The van der Waals surface area contributed by atoms with E-state index in [1.807, 2.05) is 23.1 Å². The highest BCUT2D eigenvalue weighted by Crippen LogP contribution is 2.33. The number of fused-ring (bicyclic) bond motifs is 1. The zero-order valence-corrected chi connectivity index (χ0v) is 17.0. The lowest BCUT2D eigenvalue weighted by Gasteiger charge is -2.33. The van der Waals surface area contributed by atoms with Gasteiger partial charge in [0, 0.05) is 19.5 Å². The van der Waals surface area contributed by atoms with Crippen LogP contribution in [0.25, 0.3) is 0 Å². The van der Waals surface area contributed by atoms with Crippen molar-refractivity contribution in [3.63, 3.8) is 0 Å². The number of aryl methyl sites for hydroxylation is 2. The molecule has 1 saturated heterocycles. The molecule has 2 heterocycles. The summed E-state index contributed by atoms with van der Waals surface area (Å²) in [7, 11) is 0. The van der Waals surface area contributed by atoms with Crippen molar-refractivity contribution < 1.29 is 19.4 Å². The third kappa shape index (κ3) is 4.00. The maximum Gasteiger partial charge on any atom is 0.335 e. The zero-order chi connectivity index (χ0) is 20.5. The molecule has 29 heavy (non-hydrogen) atoms. The molecule has 4 rings (SSSR count). The quantitative estimate of drug-likeness (QED) is 0.858. The average molecular weight is 393 g/mol. The topological polar surface area (TPSA) is 66.8 Å². The average Bonchev–Trinajstić information content (AvgIpc) is 3.11. The molecule has 1 atom stereocenters. The van der Waals surface area contributed by atoms with Gasteiger partial charge in [-0.05, 0) is 73.4 Å². The normalized spacial score (nSPS) is 19.0. The molecule has 2 aromatic rings. The van der Waals surface area contributed by atoms with Crippen LogP contribution in [-0.2, 0) is 17.6 Å². The first-order chi connectivity index (χ1) is 13.9. The fourth-order valence-electron chi connectivity index (χ4n) is 4.43. The predicted octanol–water partition coefficient (Wildman–Crippen LogP) is 3.79. The largest absolute Gasteiger partial charge is 0.480 e. The predicted molar refractivity (Wildman–Crippen MR) is 110 cm³/mol. The number of benzene rings is 2. The summed E-state index contributed by atoms with van der Waals surface area (Å²) in [6.07, 6.45) is 2.74. The molecule has 152 valence electrons. The lowest BCUT2D eigenvalue weighted by molar-refractivity contribution is -0.139. The molecule has 5 nitrogen and oxygen atoms in total. The van der Waals surface area contributed by atoms with Gasteiger partial charge >= 0.3 is 5.97 Å². The summed E-state index contributed by atoms with van der Waals surface area (Å²) >= 11 is 0. The second-order valence-electron chi connectivity index (χ2n) is 8.29. The van der Waals surface area contributed by atoms with Crippen LogP contribution in [-0.4, -0.2) is 41.1 Å². The molecule has 0 saturated carbocycles. The minimum Gasteiger partial charge on any atom is -0.480 e. The molecule has 1 fully saturated rings. The fraction of sp³-hybridized carbons (Fsp3) is 0.417. The summed E-state index contributed by atoms with van der Waals surface area (Å²) in [6.45, 7) is 5.54. The van der Waals surface area contributed by atoms with Crippen molar-refractivity contribution >= 4 is 11.9 Å². The van der Waals surface area contributed by atoms with Crippen LogP contribution in [0.5, 0.6) is 5.75 Å². The molecule has 1 N–H and O–H groups in total. The van der Waals surface area contributed by atoms with Gasteiger partial charge in [0.2, 0.25) is 0 Å². The van der Waals surface area contributed by atoms with E-state index in [2.05, 4.69) is 19.9 Å². The van der Waals surface area contributed by atoms with Crippen LogP contribution >= 0.6 is 0 Å². The number of likely N-dealkylation sites (tertiary alicyclic amines) is 1. The first-order valence-corrected chi connectivity index (χ1v) is 10.3. The van der Waals surface area contributed by atoms with Crippen molar-refractivity contribution in [2.75, 3.05) is 13.1 Å². The first kappa shape index (κ1) is 19.5. The Bertz CT molecular complexity index is 913. The summed E-state index contributed by atoms with van der Waals surface area (Å²) in [5, 5.41) is 9.37. The van der Waals surface area contributed by atoms with Gasteiger partial charge in [0.05, 0.1) is 5.56 Å². The van der Waals surface area contributed by atoms with Gasteiger partial charge in [0.1, 0.15) is 5.75 Å². The minimum atomic E-state index is -0.878. The highest BCUT2D eigenvalue weighted by Gasteiger charge is 2.34. The standard InChI is InChI=1S/C24H27NO4/c1-15-11-19-14-22(29-21(19)12-16(15)2)23(26)25-9-7-17(8-10-25)13-18-5-3-4-6-20(18)24(27)28/h3-6,11-12,17,22H,7-10,13-14H2,1-2H3,(H,27,28). The Balaban J connectivity index is 1.34. The molecule has 0 aromatic heterocycles. The van der Waals surface area contributed by atoms with Crippen LogP contribution in [0.3, 0.4) is 0 Å². The van der Waals surface area contributed by atoms with Gasteiger partial charge in [-0.1, -0.05) is 24.3 Å². The third-order valence-electron chi connectivity index (χ3n) is 6.31. The van der Waals surface area contributed by atoms with E-state index in [9.17, 15) is 14.7 Å². The molecule has 1 unspecified atom stereocenters. The van der Waals surface area contributed by atoms with Gasteiger partial charge in [-0.2, -0.15) is 0 Å². The Labute approximate surface area is 171 Å². The van der Waals surface area contributed by atoms with Gasteiger partial charge < -0.3 is 14.7 Å². The Hall–Kier alpha value is -2.82. The highest BCUT2D eigenvalue weighted by atomic mass is 16.5. The van der Waals surface area contributed by atoms with E-state index < -0.39 is 12.1 Å². The Morgan fingerprint density at radius 1 is 1.10 bits per heavy atom. The van der Waals surface area contributed by atoms with Crippen LogP contribution in [0, 0.1) is 19.8 Å². The zero-order valence-electron chi connectivity index (χ0n) is 17.0. The van der Waals surface area contributed by atoms with Crippen LogP contribution in [0.15, 0.2) is 36.4 Å². The Morgan fingerprint density at radius 3 is 2.52 bits per heavy atom. The second kappa shape index (κ2) is 7.90. The van der Waals surface area contributed by atoms with Crippen molar-refractivity contribution in [2.24, 2.45) is 5.92 Å². The highest BCUT2D eigenvalue weighted by molar-refractivity contribution is 5.89. The molecule has 0 bridgehead atoms. The molecule has 0 aliphatic carbocycles. The van der Waals surface area contributed by atoms with E-state index in [0.29, 0.717) is 31.0 Å². The second-order valence-corrected chi connectivity index (χ2v) is 8.29. The number of ether oxygens (including phenoxy) is 1. The lowest BCUT2D eigenvalue weighted by atomic mass is 9.88. The number of hydrogen-bond donors (Lipinski definition) is 1. The van der Waals surface area contributed by atoms with Crippen molar-refractivity contribution in [1.29, 1.82) is 0 Å². The summed E-state index contributed by atoms with van der Waals surface area (Å²) in [5.74, 6) is 0.427. The SMILES string of the molecule is Cc1cc2c(cc1C)OC(C(=O)N1CCC(Cc3ccccc3C(=O)O)CC1)C2. The summed E-state index contributed by atoms with van der Waals surface area (Å²) in [5.41, 5.74) is 4.78. The maximum atomic E-state index is 13.0. The van der Waals surface area contributed by atoms with E-state index >= 15 is 0 Å². The van der Waals surface area contributed by atoms with Gasteiger partial charge in [0.15, 0.2) is 6.10 Å². The van der Waals surface area contributed by atoms with Crippen molar-refractivity contribution in [1.82, 2.24) is 4.90 Å². The number of carboxylic acid groups (broad SMARTS) is 1. The molecular weight excluding hydrogens is 366 g/mol. The van der Waals surface area contributed by atoms with Crippen LogP contribution in [0.2, 0.25) is 0 Å². The molecule has 2 aliphatic heterocycles. The number of carbonyl (C=O) groups is 2. The number of rotatable bonds is 4. The van der Waals surface area contributed by atoms with Crippen molar-refractivity contribution in [2.45, 2.75) is 45.6 Å². The lowest BCUT2D eigenvalue weighted by Crippen LogP contribution is -2.45. The van der Waals surface area contributed by atoms with Gasteiger partial charge in [-0.3, -0.25) is 4.79 Å². The van der Waals surface area contributed by atoms with Crippen LogP contribution in [0.1, 0.15) is 45.5 Å². The van der Waals surface area contributed by atoms with Crippen molar-refractivity contribution in [3.8, 4) is 5.75 Å². The first-order valence-electron chi connectivity index (χ1n) is 10.3. The smallest absolute Gasteiger partial charge is 0.335 e. The molecule has 1 amide bonds. The number of piperidine rings is 1. The number of nitrogens with zero attached hydrogens (tertiary/aromatic N) is 1. The molecular formula is C24H27NO4. The van der Waals surface area contributed by atoms with E-state index in [1.54, 1.807) is 12.1 Å². The fourth-order valence-corrected chi connectivity index (χ4v) is 4.43. The monoisotopic (exact) mass is 393 g/mol.